The standard InChI is InChI=1S/C13H11Cl3N2/c1-2-4-8-7-11(15)18-13(17-8)9-5-3-6-10(14)12(9)16/h3,5-7H,2,4H2,1H3. The number of aromatic nitrogens is 2. The molecule has 94 valence electrons. The molecule has 2 rings (SSSR count). The van der Waals surface area contributed by atoms with Gasteiger partial charge in [0.25, 0.3) is 0 Å². The Hall–Kier alpha value is -0.830. The van der Waals surface area contributed by atoms with E-state index in [1.54, 1.807) is 12.1 Å². The van der Waals surface area contributed by atoms with Gasteiger partial charge in [-0.3, -0.25) is 0 Å². The average Bonchev–Trinajstić information content (AvgIpc) is 2.32. The van der Waals surface area contributed by atoms with Gasteiger partial charge in [0.2, 0.25) is 0 Å². The Morgan fingerprint density at radius 3 is 2.61 bits per heavy atom. The van der Waals surface area contributed by atoms with Crippen LogP contribution in [0.4, 0.5) is 0 Å². The predicted octanol–water partition coefficient (Wildman–Crippen LogP) is 5.06. The molecule has 0 fully saturated rings. The van der Waals surface area contributed by atoms with E-state index in [1.165, 1.54) is 0 Å². The second kappa shape index (κ2) is 5.87. The first-order valence-corrected chi connectivity index (χ1v) is 6.73. The van der Waals surface area contributed by atoms with Crippen molar-refractivity contribution in [1.82, 2.24) is 9.97 Å². The Balaban J connectivity index is 2.53. The van der Waals surface area contributed by atoms with E-state index in [-0.39, 0.29) is 0 Å². The lowest BCUT2D eigenvalue weighted by molar-refractivity contribution is 0.875. The Bertz CT molecular complexity index is 570. The molecule has 0 saturated heterocycles. The number of aryl methyl sites for hydroxylation is 1. The molecular formula is C13H11Cl3N2. The van der Waals surface area contributed by atoms with Crippen LogP contribution in [0.3, 0.4) is 0 Å². The van der Waals surface area contributed by atoms with Gasteiger partial charge in [0, 0.05) is 11.3 Å². The monoisotopic (exact) mass is 300 g/mol. The molecule has 0 N–H and O–H groups in total. The van der Waals surface area contributed by atoms with Crippen molar-refractivity contribution in [2.75, 3.05) is 0 Å². The largest absolute Gasteiger partial charge is 0.233 e. The van der Waals surface area contributed by atoms with Gasteiger partial charge in [-0.2, -0.15) is 0 Å². The van der Waals surface area contributed by atoms with Crippen molar-refractivity contribution in [2.45, 2.75) is 19.8 Å². The second-order valence-corrected chi connectivity index (χ2v) is 5.03. The van der Waals surface area contributed by atoms with Crippen LogP contribution in [0.1, 0.15) is 19.0 Å². The van der Waals surface area contributed by atoms with Gasteiger partial charge in [-0.15, -0.1) is 0 Å². The molecule has 1 aromatic carbocycles. The van der Waals surface area contributed by atoms with Crippen molar-refractivity contribution < 1.29 is 0 Å². The van der Waals surface area contributed by atoms with E-state index < -0.39 is 0 Å². The third-order valence-corrected chi connectivity index (χ3v) is 3.46. The zero-order valence-corrected chi connectivity index (χ0v) is 12.0. The molecule has 5 heteroatoms. The van der Waals surface area contributed by atoms with Crippen LogP contribution < -0.4 is 0 Å². The zero-order chi connectivity index (χ0) is 13.1. The van der Waals surface area contributed by atoms with E-state index in [0.29, 0.717) is 26.6 Å². The van der Waals surface area contributed by atoms with Crippen molar-refractivity contribution in [1.29, 1.82) is 0 Å². The molecule has 0 spiro atoms. The van der Waals surface area contributed by atoms with Crippen molar-refractivity contribution in [3.63, 3.8) is 0 Å². The molecule has 2 aromatic rings. The van der Waals surface area contributed by atoms with Crippen LogP contribution in [0, 0.1) is 0 Å². The highest BCUT2D eigenvalue weighted by atomic mass is 35.5. The van der Waals surface area contributed by atoms with Crippen LogP contribution in [-0.4, -0.2) is 9.97 Å². The van der Waals surface area contributed by atoms with Crippen molar-refractivity contribution in [3.8, 4) is 11.4 Å². The summed E-state index contributed by atoms with van der Waals surface area (Å²) in [6, 6.07) is 7.14. The maximum Gasteiger partial charge on any atom is 0.162 e. The van der Waals surface area contributed by atoms with Crippen LogP contribution in [0.15, 0.2) is 24.3 Å². The minimum Gasteiger partial charge on any atom is -0.233 e. The fraction of sp³-hybridized carbons (Fsp3) is 0.231. The first-order valence-electron chi connectivity index (χ1n) is 5.59. The summed E-state index contributed by atoms with van der Waals surface area (Å²) in [5, 5.41) is 1.35. The third-order valence-electron chi connectivity index (χ3n) is 2.45. The topological polar surface area (TPSA) is 25.8 Å². The summed E-state index contributed by atoms with van der Waals surface area (Å²) in [4.78, 5) is 8.66. The van der Waals surface area contributed by atoms with Crippen molar-refractivity contribution in [3.05, 3.63) is 45.2 Å². The number of benzene rings is 1. The fourth-order valence-corrected chi connectivity index (χ4v) is 2.24. The van der Waals surface area contributed by atoms with Crippen LogP contribution in [0.5, 0.6) is 0 Å². The highest BCUT2D eigenvalue weighted by Gasteiger charge is 2.11. The second-order valence-electron chi connectivity index (χ2n) is 3.86. The summed E-state index contributed by atoms with van der Waals surface area (Å²) in [6.07, 6.45) is 1.85. The van der Waals surface area contributed by atoms with E-state index in [2.05, 4.69) is 16.9 Å². The predicted molar refractivity (Wildman–Crippen MR) is 76.5 cm³/mol. The molecule has 1 heterocycles. The van der Waals surface area contributed by atoms with Crippen molar-refractivity contribution in [2.24, 2.45) is 0 Å². The van der Waals surface area contributed by atoms with E-state index in [4.69, 9.17) is 34.8 Å². The van der Waals surface area contributed by atoms with E-state index in [9.17, 15) is 0 Å². The lowest BCUT2D eigenvalue weighted by Gasteiger charge is -2.07. The van der Waals surface area contributed by atoms with Gasteiger partial charge < -0.3 is 0 Å². The number of hydrogen-bond donors (Lipinski definition) is 0. The third kappa shape index (κ3) is 2.94. The summed E-state index contributed by atoms with van der Waals surface area (Å²) in [5.41, 5.74) is 1.60. The van der Waals surface area contributed by atoms with Crippen molar-refractivity contribution >= 4 is 34.8 Å². The SMILES string of the molecule is CCCc1cc(Cl)nc(-c2cccc(Cl)c2Cl)n1. The smallest absolute Gasteiger partial charge is 0.162 e. The molecule has 2 nitrogen and oxygen atoms in total. The summed E-state index contributed by atoms with van der Waals surface area (Å²) in [5.74, 6) is 0.512. The fourth-order valence-electron chi connectivity index (χ4n) is 1.65. The number of nitrogens with zero attached hydrogens (tertiary/aromatic N) is 2. The zero-order valence-electron chi connectivity index (χ0n) is 9.75. The van der Waals surface area contributed by atoms with Gasteiger partial charge in [-0.05, 0) is 24.6 Å². The van der Waals surface area contributed by atoms with E-state index in [0.717, 1.165) is 18.5 Å². The van der Waals surface area contributed by atoms with E-state index in [1.807, 2.05) is 12.1 Å². The normalized spacial score (nSPS) is 10.7. The minimum absolute atomic E-state index is 0.416. The molecule has 1 aromatic heterocycles. The molecule has 0 saturated carbocycles. The average molecular weight is 302 g/mol. The van der Waals surface area contributed by atoms with Gasteiger partial charge in [-0.1, -0.05) is 54.2 Å². The lowest BCUT2D eigenvalue weighted by atomic mass is 10.2. The Labute approximate surface area is 121 Å². The summed E-state index contributed by atoms with van der Waals surface area (Å²) in [7, 11) is 0. The number of rotatable bonds is 3. The van der Waals surface area contributed by atoms with Gasteiger partial charge >= 0.3 is 0 Å². The Morgan fingerprint density at radius 1 is 1.11 bits per heavy atom. The molecule has 18 heavy (non-hydrogen) atoms. The summed E-state index contributed by atoms with van der Waals surface area (Å²) >= 11 is 18.1. The van der Waals surface area contributed by atoms with E-state index >= 15 is 0 Å². The molecule has 0 aliphatic carbocycles. The first-order chi connectivity index (χ1) is 8.61. The highest BCUT2D eigenvalue weighted by Crippen LogP contribution is 2.32. The Kier molecular flexibility index (Phi) is 4.44. The Morgan fingerprint density at radius 2 is 1.89 bits per heavy atom. The van der Waals surface area contributed by atoms with Gasteiger partial charge in [0.15, 0.2) is 5.82 Å². The maximum atomic E-state index is 6.15. The van der Waals surface area contributed by atoms with Crippen LogP contribution in [0.25, 0.3) is 11.4 Å². The first kappa shape index (κ1) is 13.6. The quantitative estimate of drug-likeness (QED) is 0.741. The maximum absolute atomic E-state index is 6.15. The molecular weight excluding hydrogens is 291 g/mol. The molecule has 0 bridgehead atoms. The molecule has 0 unspecified atom stereocenters. The van der Waals surface area contributed by atoms with Crippen LogP contribution in [-0.2, 0) is 6.42 Å². The van der Waals surface area contributed by atoms with Gasteiger partial charge in [0.1, 0.15) is 5.15 Å². The molecule has 0 amide bonds. The van der Waals surface area contributed by atoms with Gasteiger partial charge in [-0.25, -0.2) is 9.97 Å². The molecule has 0 atom stereocenters. The molecule has 0 radical (unpaired) electrons. The summed E-state index contributed by atoms with van der Waals surface area (Å²) < 4.78 is 0. The molecule has 0 aliphatic heterocycles. The molecule has 0 aliphatic rings. The highest BCUT2D eigenvalue weighted by molar-refractivity contribution is 6.43. The lowest BCUT2D eigenvalue weighted by Crippen LogP contribution is -1.96. The van der Waals surface area contributed by atoms with Gasteiger partial charge in [0.05, 0.1) is 10.0 Å². The van der Waals surface area contributed by atoms with Crippen LogP contribution in [0.2, 0.25) is 15.2 Å². The minimum atomic E-state index is 0.416. The number of hydrogen-bond acceptors (Lipinski definition) is 2. The van der Waals surface area contributed by atoms with Crippen LogP contribution >= 0.6 is 34.8 Å². The summed E-state index contributed by atoms with van der Waals surface area (Å²) in [6.45, 7) is 2.09. The number of halogens is 3.